The first kappa shape index (κ1) is 12.9. The summed E-state index contributed by atoms with van der Waals surface area (Å²) in [5, 5.41) is 3.57. The Morgan fingerprint density at radius 1 is 1.32 bits per heavy atom. The molecule has 2 bridgehead atoms. The van der Waals surface area contributed by atoms with Crippen LogP contribution in [0.5, 0.6) is 5.75 Å². The Morgan fingerprint density at radius 3 is 2.68 bits per heavy atom. The van der Waals surface area contributed by atoms with Crippen LogP contribution in [0.4, 0.5) is 0 Å². The molecule has 0 radical (unpaired) electrons. The van der Waals surface area contributed by atoms with E-state index in [1.807, 2.05) is 0 Å². The fraction of sp³-hybridized carbons (Fsp3) is 0.625. The van der Waals surface area contributed by atoms with Crippen LogP contribution in [0.2, 0.25) is 0 Å². The molecule has 0 aromatic heterocycles. The Hall–Kier alpha value is -1.06. The minimum absolute atomic E-state index is 0.502. The molecule has 1 aromatic rings. The standard InChI is InChI=1S/C16H24N2O/c1-10-11(2)16(19-4)6-5-15(10)12(3)18-9-13-7-14(18)8-17-13/h5-6,12-14,17H,7-9H2,1-4H3/t12-,13+,14+/m0/s1. The molecule has 2 aliphatic rings. The Kier molecular flexibility index (Phi) is 3.27. The van der Waals surface area contributed by atoms with Gasteiger partial charge in [-0.2, -0.15) is 0 Å². The van der Waals surface area contributed by atoms with Crippen molar-refractivity contribution in [2.75, 3.05) is 20.2 Å². The van der Waals surface area contributed by atoms with Crippen LogP contribution in [0, 0.1) is 13.8 Å². The van der Waals surface area contributed by atoms with Gasteiger partial charge in [0.2, 0.25) is 0 Å². The normalized spacial score (nSPS) is 27.8. The third kappa shape index (κ3) is 2.05. The molecule has 0 amide bonds. The molecule has 3 heteroatoms. The van der Waals surface area contributed by atoms with E-state index in [4.69, 9.17) is 4.74 Å². The van der Waals surface area contributed by atoms with E-state index in [0.717, 1.165) is 18.3 Å². The highest BCUT2D eigenvalue weighted by Crippen LogP contribution is 2.35. The number of rotatable bonds is 3. The van der Waals surface area contributed by atoms with E-state index in [2.05, 4.69) is 43.1 Å². The SMILES string of the molecule is COc1ccc([C@H](C)N2C[C@H]3C[C@@H]2CN3)c(C)c1C. The molecule has 1 N–H and O–H groups in total. The average molecular weight is 260 g/mol. The lowest BCUT2D eigenvalue weighted by atomic mass is 9.96. The highest BCUT2D eigenvalue weighted by atomic mass is 16.5. The molecule has 0 saturated carbocycles. The van der Waals surface area contributed by atoms with Crippen LogP contribution in [0.15, 0.2) is 12.1 Å². The maximum absolute atomic E-state index is 5.41. The van der Waals surface area contributed by atoms with Gasteiger partial charge in [-0.15, -0.1) is 0 Å². The summed E-state index contributed by atoms with van der Waals surface area (Å²) in [4.78, 5) is 2.66. The van der Waals surface area contributed by atoms with Crippen LogP contribution in [-0.4, -0.2) is 37.2 Å². The molecule has 2 aliphatic heterocycles. The third-order valence-electron chi connectivity index (χ3n) is 5.05. The fourth-order valence-corrected chi connectivity index (χ4v) is 3.74. The summed E-state index contributed by atoms with van der Waals surface area (Å²) in [6.45, 7) is 9.06. The number of nitrogens with zero attached hydrogens (tertiary/aromatic N) is 1. The van der Waals surface area contributed by atoms with Crippen molar-refractivity contribution in [1.29, 1.82) is 0 Å². The van der Waals surface area contributed by atoms with Gasteiger partial charge in [-0.05, 0) is 49.9 Å². The summed E-state index contributed by atoms with van der Waals surface area (Å²) in [5.74, 6) is 0.998. The second-order valence-corrected chi connectivity index (χ2v) is 5.97. The van der Waals surface area contributed by atoms with E-state index in [0.29, 0.717) is 12.1 Å². The summed E-state index contributed by atoms with van der Waals surface area (Å²) >= 11 is 0. The number of likely N-dealkylation sites (tertiary alicyclic amines) is 1. The van der Waals surface area contributed by atoms with Gasteiger partial charge in [0.15, 0.2) is 0 Å². The quantitative estimate of drug-likeness (QED) is 0.903. The van der Waals surface area contributed by atoms with Crippen LogP contribution < -0.4 is 10.1 Å². The van der Waals surface area contributed by atoms with E-state index in [1.54, 1.807) is 7.11 Å². The van der Waals surface area contributed by atoms with Crippen LogP contribution in [0.25, 0.3) is 0 Å². The van der Waals surface area contributed by atoms with Gasteiger partial charge in [-0.3, -0.25) is 4.90 Å². The van der Waals surface area contributed by atoms with Gasteiger partial charge in [-0.1, -0.05) is 6.07 Å². The number of ether oxygens (including phenoxy) is 1. The summed E-state index contributed by atoms with van der Waals surface area (Å²) in [6, 6.07) is 6.29. The van der Waals surface area contributed by atoms with Gasteiger partial charge >= 0.3 is 0 Å². The molecule has 104 valence electrons. The molecule has 2 saturated heterocycles. The summed E-state index contributed by atoms with van der Waals surface area (Å²) in [7, 11) is 1.75. The largest absolute Gasteiger partial charge is 0.496 e. The molecule has 2 heterocycles. The molecule has 3 nitrogen and oxygen atoms in total. The average Bonchev–Trinajstić information content (AvgIpc) is 3.03. The van der Waals surface area contributed by atoms with E-state index in [-0.39, 0.29) is 0 Å². The van der Waals surface area contributed by atoms with Gasteiger partial charge in [0.1, 0.15) is 5.75 Å². The van der Waals surface area contributed by atoms with E-state index in [1.165, 1.54) is 29.7 Å². The number of hydrogen-bond donors (Lipinski definition) is 1. The Labute approximate surface area is 115 Å². The molecule has 2 fully saturated rings. The van der Waals surface area contributed by atoms with E-state index < -0.39 is 0 Å². The third-order valence-corrected chi connectivity index (χ3v) is 5.05. The van der Waals surface area contributed by atoms with Crippen molar-refractivity contribution < 1.29 is 4.74 Å². The van der Waals surface area contributed by atoms with Crippen LogP contribution in [-0.2, 0) is 0 Å². The molecule has 3 atom stereocenters. The first-order valence-electron chi connectivity index (χ1n) is 7.25. The van der Waals surface area contributed by atoms with Crippen molar-refractivity contribution in [3.05, 3.63) is 28.8 Å². The zero-order valence-electron chi connectivity index (χ0n) is 12.4. The minimum atomic E-state index is 0.502. The monoisotopic (exact) mass is 260 g/mol. The summed E-state index contributed by atoms with van der Waals surface area (Å²) < 4.78 is 5.41. The molecule has 0 aliphatic carbocycles. The topological polar surface area (TPSA) is 24.5 Å². The summed E-state index contributed by atoms with van der Waals surface area (Å²) in [5.41, 5.74) is 4.10. The number of hydrogen-bond acceptors (Lipinski definition) is 3. The molecular formula is C16H24N2O. The maximum atomic E-state index is 5.41. The van der Waals surface area contributed by atoms with E-state index >= 15 is 0 Å². The number of fused-ring (bicyclic) bond motifs is 2. The van der Waals surface area contributed by atoms with Crippen molar-refractivity contribution in [3.63, 3.8) is 0 Å². The van der Waals surface area contributed by atoms with Gasteiger partial charge in [0, 0.05) is 31.2 Å². The maximum Gasteiger partial charge on any atom is 0.122 e. The number of piperazine rings is 1. The van der Waals surface area contributed by atoms with Gasteiger partial charge < -0.3 is 10.1 Å². The Balaban J connectivity index is 1.88. The molecule has 1 aromatic carbocycles. The van der Waals surface area contributed by atoms with Crippen LogP contribution in [0.3, 0.4) is 0 Å². The highest BCUT2D eigenvalue weighted by Gasteiger charge is 2.40. The fourth-order valence-electron chi connectivity index (χ4n) is 3.74. The second kappa shape index (κ2) is 4.80. The number of methoxy groups -OCH3 is 1. The van der Waals surface area contributed by atoms with Gasteiger partial charge in [0.05, 0.1) is 7.11 Å². The lowest BCUT2D eigenvalue weighted by molar-refractivity contribution is 0.170. The van der Waals surface area contributed by atoms with Crippen LogP contribution >= 0.6 is 0 Å². The van der Waals surface area contributed by atoms with E-state index in [9.17, 15) is 0 Å². The molecule has 3 rings (SSSR count). The number of benzene rings is 1. The smallest absolute Gasteiger partial charge is 0.122 e. The molecular weight excluding hydrogens is 236 g/mol. The lowest BCUT2D eigenvalue weighted by Gasteiger charge is -2.34. The van der Waals surface area contributed by atoms with Gasteiger partial charge in [0.25, 0.3) is 0 Å². The zero-order valence-corrected chi connectivity index (χ0v) is 12.4. The Bertz CT molecular complexity index is 486. The molecule has 19 heavy (non-hydrogen) atoms. The Morgan fingerprint density at radius 2 is 2.11 bits per heavy atom. The van der Waals surface area contributed by atoms with Crippen molar-refractivity contribution in [2.24, 2.45) is 0 Å². The molecule has 0 spiro atoms. The van der Waals surface area contributed by atoms with Crippen molar-refractivity contribution in [3.8, 4) is 5.75 Å². The van der Waals surface area contributed by atoms with Crippen molar-refractivity contribution in [1.82, 2.24) is 10.2 Å². The minimum Gasteiger partial charge on any atom is -0.496 e. The predicted molar refractivity (Wildman–Crippen MR) is 77.8 cm³/mol. The van der Waals surface area contributed by atoms with Crippen LogP contribution in [0.1, 0.15) is 36.1 Å². The zero-order chi connectivity index (χ0) is 13.6. The first-order valence-corrected chi connectivity index (χ1v) is 7.25. The second-order valence-electron chi connectivity index (χ2n) is 5.97. The predicted octanol–water partition coefficient (Wildman–Crippen LogP) is 2.42. The molecule has 0 unspecified atom stereocenters. The number of nitrogens with one attached hydrogen (secondary N) is 1. The van der Waals surface area contributed by atoms with Gasteiger partial charge in [-0.25, -0.2) is 0 Å². The first-order chi connectivity index (χ1) is 9.11. The van der Waals surface area contributed by atoms with Crippen molar-refractivity contribution in [2.45, 2.75) is 45.3 Å². The lowest BCUT2D eigenvalue weighted by Crippen LogP contribution is -2.44. The summed E-state index contributed by atoms with van der Waals surface area (Å²) in [6.07, 6.45) is 1.32. The van der Waals surface area contributed by atoms with Crippen molar-refractivity contribution >= 4 is 0 Å². The highest BCUT2D eigenvalue weighted by molar-refractivity contribution is 5.44.